The molecule has 0 aliphatic heterocycles. The summed E-state index contributed by atoms with van der Waals surface area (Å²) in [6, 6.07) is 10.7. The summed E-state index contributed by atoms with van der Waals surface area (Å²) in [5, 5.41) is 20.8. The number of hydrogen-bond donors (Lipinski definition) is 2. The molecule has 0 aliphatic rings. The Hall–Kier alpha value is -2.74. The van der Waals surface area contributed by atoms with Gasteiger partial charge in [-0.05, 0) is 18.2 Å². The maximum atomic E-state index is 10.8. The van der Waals surface area contributed by atoms with Crippen LogP contribution in [0.3, 0.4) is 0 Å². The molecule has 2 N–H and O–H groups in total. The van der Waals surface area contributed by atoms with Crippen LogP contribution in [-0.4, -0.2) is 11.1 Å². The van der Waals surface area contributed by atoms with Gasteiger partial charge in [-0.25, -0.2) is 4.79 Å². The van der Waals surface area contributed by atoms with E-state index in [1.54, 1.807) is 30.3 Å². The highest BCUT2D eigenvalue weighted by Crippen LogP contribution is 2.17. The molecular formula is C13H10N2O3. The highest BCUT2D eigenvalue weighted by atomic mass is 16.4. The molecule has 1 aromatic carbocycles. The minimum absolute atomic E-state index is 0.0862. The summed E-state index contributed by atoms with van der Waals surface area (Å²) in [6.45, 7) is 0.289. The van der Waals surface area contributed by atoms with Crippen molar-refractivity contribution < 1.29 is 14.3 Å². The van der Waals surface area contributed by atoms with Crippen LogP contribution in [0.25, 0.3) is 0 Å². The molecule has 0 fully saturated rings. The predicted octanol–water partition coefficient (Wildman–Crippen LogP) is 2.46. The molecule has 18 heavy (non-hydrogen) atoms. The quantitative estimate of drug-likeness (QED) is 0.860. The molecule has 0 bridgehead atoms. The third-order valence-electron chi connectivity index (χ3n) is 2.46. The van der Waals surface area contributed by atoms with Gasteiger partial charge in [-0.1, -0.05) is 12.1 Å². The van der Waals surface area contributed by atoms with Crippen molar-refractivity contribution in [2.75, 3.05) is 5.32 Å². The van der Waals surface area contributed by atoms with Crippen LogP contribution in [-0.2, 0) is 6.54 Å². The van der Waals surface area contributed by atoms with Gasteiger partial charge in [-0.2, -0.15) is 5.26 Å². The molecule has 2 aromatic rings. The molecule has 0 saturated heterocycles. The normalized spacial score (nSPS) is 9.72. The highest BCUT2D eigenvalue weighted by Gasteiger charge is 2.13. The van der Waals surface area contributed by atoms with E-state index in [2.05, 4.69) is 11.4 Å². The van der Waals surface area contributed by atoms with Gasteiger partial charge in [0, 0.05) is 12.1 Å². The number of anilines is 1. The fraction of sp³-hybridized carbons (Fsp3) is 0.0769. The second kappa shape index (κ2) is 5.06. The van der Waals surface area contributed by atoms with E-state index in [0.717, 1.165) is 0 Å². The number of para-hydroxylation sites is 1. The van der Waals surface area contributed by atoms with E-state index in [9.17, 15) is 4.79 Å². The van der Waals surface area contributed by atoms with Crippen molar-refractivity contribution in [3.8, 4) is 6.07 Å². The van der Waals surface area contributed by atoms with Gasteiger partial charge < -0.3 is 14.8 Å². The van der Waals surface area contributed by atoms with Gasteiger partial charge in [-0.15, -0.1) is 0 Å². The van der Waals surface area contributed by atoms with E-state index in [-0.39, 0.29) is 12.3 Å². The second-order valence-electron chi connectivity index (χ2n) is 3.59. The first-order valence-electron chi connectivity index (χ1n) is 5.25. The molecule has 0 atom stereocenters. The standard InChI is InChI=1S/C13H10N2O3/c14-7-9-3-1-2-4-11(9)15-8-10-5-6-18-12(10)13(16)17/h1-6,15H,8H2,(H,16,17). The lowest BCUT2D eigenvalue weighted by Gasteiger charge is -2.06. The van der Waals surface area contributed by atoms with Crippen LogP contribution in [0, 0.1) is 11.3 Å². The van der Waals surface area contributed by atoms with Gasteiger partial charge in [0.25, 0.3) is 0 Å². The fourth-order valence-electron chi connectivity index (χ4n) is 1.59. The molecular weight excluding hydrogens is 232 g/mol. The number of carbonyl (C=O) groups is 1. The highest BCUT2D eigenvalue weighted by molar-refractivity contribution is 5.86. The minimum atomic E-state index is -1.11. The molecule has 1 aromatic heterocycles. The molecule has 5 nitrogen and oxygen atoms in total. The number of carboxylic acid groups (broad SMARTS) is 1. The third kappa shape index (κ3) is 2.33. The van der Waals surface area contributed by atoms with Crippen molar-refractivity contribution in [2.45, 2.75) is 6.54 Å². The van der Waals surface area contributed by atoms with Crippen molar-refractivity contribution in [1.29, 1.82) is 5.26 Å². The monoisotopic (exact) mass is 242 g/mol. The molecule has 0 saturated carbocycles. The van der Waals surface area contributed by atoms with Gasteiger partial charge in [-0.3, -0.25) is 0 Å². The van der Waals surface area contributed by atoms with Crippen molar-refractivity contribution in [2.24, 2.45) is 0 Å². The first-order chi connectivity index (χ1) is 8.72. The number of hydrogen-bond acceptors (Lipinski definition) is 4. The number of carboxylic acids is 1. The number of benzene rings is 1. The van der Waals surface area contributed by atoms with Gasteiger partial charge in [0.1, 0.15) is 6.07 Å². The summed E-state index contributed by atoms with van der Waals surface area (Å²) in [7, 11) is 0. The Balaban J connectivity index is 2.15. The average molecular weight is 242 g/mol. The zero-order valence-electron chi connectivity index (χ0n) is 9.38. The number of nitrogens with zero attached hydrogens (tertiary/aromatic N) is 1. The SMILES string of the molecule is N#Cc1ccccc1NCc1ccoc1C(=O)O. The Kier molecular flexibility index (Phi) is 3.30. The number of rotatable bonds is 4. The molecule has 2 rings (SSSR count). The van der Waals surface area contributed by atoms with Gasteiger partial charge >= 0.3 is 5.97 Å². The zero-order chi connectivity index (χ0) is 13.0. The van der Waals surface area contributed by atoms with E-state index in [4.69, 9.17) is 14.8 Å². The number of aromatic carboxylic acids is 1. The molecule has 0 unspecified atom stereocenters. The molecule has 90 valence electrons. The Morgan fingerprint density at radius 1 is 1.39 bits per heavy atom. The summed E-state index contributed by atoms with van der Waals surface area (Å²) in [5.41, 5.74) is 1.71. The maximum Gasteiger partial charge on any atom is 0.372 e. The second-order valence-corrected chi connectivity index (χ2v) is 3.59. The van der Waals surface area contributed by atoms with E-state index < -0.39 is 5.97 Å². The maximum absolute atomic E-state index is 10.8. The van der Waals surface area contributed by atoms with Crippen LogP contribution in [0.15, 0.2) is 41.0 Å². The average Bonchev–Trinajstić information content (AvgIpc) is 2.85. The number of furan rings is 1. The summed E-state index contributed by atoms with van der Waals surface area (Å²) < 4.78 is 4.87. The molecule has 0 aliphatic carbocycles. The Bertz CT molecular complexity index is 611. The fourth-order valence-corrected chi connectivity index (χ4v) is 1.59. The van der Waals surface area contributed by atoms with Crippen LogP contribution >= 0.6 is 0 Å². The zero-order valence-corrected chi connectivity index (χ0v) is 9.38. The topological polar surface area (TPSA) is 86.3 Å². The third-order valence-corrected chi connectivity index (χ3v) is 2.46. The first kappa shape index (κ1) is 11.7. The summed E-state index contributed by atoms with van der Waals surface area (Å²) in [6.07, 6.45) is 1.33. The van der Waals surface area contributed by atoms with Crippen LogP contribution in [0.2, 0.25) is 0 Å². The van der Waals surface area contributed by atoms with Crippen molar-refractivity contribution in [3.63, 3.8) is 0 Å². The van der Waals surface area contributed by atoms with Gasteiger partial charge in [0.05, 0.1) is 17.5 Å². The summed E-state index contributed by atoms with van der Waals surface area (Å²) >= 11 is 0. The van der Waals surface area contributed by atoms with Crippen LogP contribution in [0.1, 0.15) is 21.7 Å². The molecule has 5 heteroatoms. The Labute approximate surface area is 103 Å². The van der Waals surface area contributed by atoms with Crippen LogP contribution in [0.5, 0.6) is 0 Å². The molecule has 1 heterocycles. The lowest BCUT2D eigenvalue weighted by Crippen LogP contribution is -2.05. The summed E-state index contributed by atoms with van der Waals surface area (Å²) in [4.78, 5) is 10.8. The van der Waals surface area contributed by atoms with Crippen molar-refractivity contribution >= 4 is 11.7 Å². The first-order valence-corrected chi connectivity index (χ1v) is 5.25. The Morgan fingerprint density at radius 3 is 2.89 bits per heavy atom. The lowest BCUT2D eigenvalue weighted by atomic mass is 10.2. The molecule has 0 spiro atoms. The smallest absolute Gasteiger partial charge is 0.372 e. The Morgan fingerprint density at radius 2 is 2.17 bits per heavy atom. The predicted molar refractivity (Wildman–Crippen MR) is 64.2 cm³/mol. The van der Waals surface area contributed by atoms with E-state index in [0.29, 0.717) is 16.8 Å². The van der Waals surface area contributed by atoms with E-state index in [1.807, 2.05) is 0 Å². The largest absolute Gasteiger partial charge is 0.475 e. The molecule has 0 radical (unpaired) electrons. The molecule has 0 amide bonds. The summed E-state index contributed by atoms with van der Waals surface area (Å²) in [5.74, 6) is -1.19. The van der Waals surface area contributed by atoms with Gasteiger partial charge in [0.2, 0.25) is 5.76 Å². The van der Waals surface area contributed by atoms with Gasteiger partial charge in [0.15, 0.2) is 0 Å². The van der Waals surface area contributed by atoms with Crippen molar-refractivity contribution in [3.05, 3.63) is 53.5 Å². The van der Waals surface area contributed by atoms with Crippen molar-refractivity contribution in [1.82, 2.24) is 0 Å². The van der Waals surface area contributed by atoms with E-state index in [1.165, 1.54) is 6.26 Å². The lowest BCUT2D eigenvalue weighted by molar-refractivity contribution is 0.0661. The van der Waals surface area contributed by atoms with E-state index >= 15 is 0 Å². The number of nitriles is 1. The van der Waals surface area contributed by atoms with Crippen LogP contribution in [0.4, 0.5) is 5.69 Å². The minimum Gasteiger partial charge on any atom is -0.475 e. The number of nitrogens with one attached hydrogen (secondary N) is 1. The van der Waals surface area contributed by atoms with Crippen LogP contribution < -0.4 is 5.32 Å².